The number of nitrogens with one attached hydrogen (secondary N) is 2. The lowest BCUT2D eigenvalue weighted by Gasteiger charge is -2.22. The molecule has 0 radical (unpaired) electrons. The van der Waals surface area contributed by atoms with Crippen molar-refractivity contribution in [1.82, 2.24) is 10.6 Å². The molecule has 0 saturated carbocycles. The molecule has 2 unspecified atom stereocenters. The van der Waals surface area contributed by atoms with Crippen molar-refractivity contribution in [3.63, 3.8) is 0 Å². The van der Waals surface area contributed by atoms with Gasteiger partial charge in [-0.05, 0) is 26.0 Å². The summed E-state index contributed by atoms with van der Waals surface area (Å²) in [6.07, 6.45) is 1.36. The van der Waals surface area contributed by atoms with Gasteiger partial charge in [0.2, 0.25) is 5.91 Å². The highest BCUT2D eigenvalue weighted by atomic mass is 16.3. The molecule has 106 valence electrons. The molecule has 2 amide bonds. The number of amides is 2. The lowest BCUT2D eigenvalue weighted by atomic mass is 10.1. The molecular formula is C12H18N2O5. The Morgan fingerprint density at radius 3 is 2.74 bits per heavy atom. The van der Waals surface area contributed by atoms with Gasteiger partial charge in [-0.25, -0.2) is 0 Å². The van der Waals surface area contributed by atoms with E-state index in [1.807, 2.05) is 0 Å². The highest BCUT2D eigenvalue weighted by Crippen LogP contribution is 2.01. The van der Waals surface area contributed by atoms with Gasteiger partial charge in [-0.1, -0.05) is 0 Å². The second kappa shape index (κ2) is 6.35. The summed E-state index contributed by atoms with van der Waals surface area (Å²) in [4.78, 5) is 23.3. The number of carbonyl (C=O) groups excluding carboxylic acids is 2. The van der Waals surface area contributed by atoms with Crippen molar-refractivity contribution in [2.75, 3.05) is 13.2 Å². The maximum atomic E-state index is 11.7. The molecule has 0 aliphatic rings. The molecule has 0 aliphatic carbocycles. The summed E-state index contributed by atoms with van der Waals surface area (Å²) in [5.74, 6) is -0.850. The zero-order valence-electron chi connectivity index (χ0n) is 10.8. The van der Waals surface area contributed by atoms with Gasteiger partial charge in [-0.2, -0.15) is 0 Å². The Balaban J connectivity index is 2.43. The average Bonchev–Trinajstić information content (AvgIpc) is 2.89. The third-order valence-corrected chi connectivity index (χ3v) is 2.47. The average molecular weight is 270 g/mol. The molecule has 0 bridgehead atoms. The fourth-order valence-corrected chi connectivity index (χ4v) is 1.23. The summed E-state index contributed by atoms with van der Waals surface area (Å²) in [5, 5.41) is 23.2. The number of aliphatic hydroxyl groups excluding tert-OH is 1. The molecule has 7 nitrogen and oxygen atoms in total. The lowest BCUT2D eigenvalue weighted by molar-refractivity contribution is -0.124. The second-order valence-corrected chi connectivity index (χ2v) is 4.55. The van der Waals surface area contributed by atoms with Gasteiger partial charge in [0.05, 0.1) is 12.9 Å². The number of hydrogen-bond donors (Lipinski definition) is 4. The molecule has 2 atom stereocenters. The summed E-state index contributed by atoms with van der Waals surface area (Å²) < 4.78 is 4.89. The van der Waals surface area contributed by atoms with Gasteiger partial charge in [0.25, 0.3) is 5.91 Å². The van der Waals surface area contributed by atoms with E-state index in [1.165, 1.54) is 26.2 Å². The second-order valence-electron chi connectivity index (χ2n) is 4.55. The number of aliphatic hydroxyl groups is 2. The van der Waals surface area contributed by atoms with E-state index in [0.29, 0.717) is 0 Å². The predicted octanol–water partition coefficient (Wildman–Crippen LogP) is -0.743. The number of rotatable bonds is 6. The third-order valence-electron chi connectivity index (χ3n) is 2.47. The maximum absolute atomic E-state index is 11.7. The fourth-order valence-electron chi connectivity index (χ4n) is 1.23. The number of carbonyl (C=O) groups is 2. The van der Waals surface area contributed by atoms with Crippen LogP contribution in [0.15, 0.2) is 22.8 Å². The van der Waals surface area contributed by atoms with Crippen LogP contribution in [-0.2, 0) is 4.79 Å². The van der Waals surface area contributed by atoms with Crippen molar-refractivity contribution in [1.29, 1.82) is 0 Å². The van der Waals surface area contributed by atoms with Crippen LogP contribution in [0.5, 0.6) is 0 Å². The van der Waals surface area contributed by atoms with E-state index in [4.69, 9.17) is 9.52 Å². The molecule has 19 heavy (non-hydrogen) atoms. The molecule has 0 spiro atoms. The van der Waals surface area contributed by atoms with Crippen LogP contribution in [0, 0.1) is 0 Å². The lowest BCUT2D eigenvalue weighted by Crippen LogP contribution is -2.50. The first kappa shape index (κ1) is 15.2. The number of furan rings is 1. The van der Waals surface area contributed by atoms with Crippen LogP contribution in [0.2, 0.25) is 0 Å². The zero-order valence-corrected chi connectivity index (χ0v) is 10.8. The maximum Gasteiger partial charge on any atom is 0.287 e. The van der Waals surface area contributed by atoms with E-state index in [2.05, 4.69) is 10.6 Å². The van der Waals surface area contributed by atoms with Gasteiger partial charge >= 0.3 is 0 Å². The summed E-state index contributed by atoms with van der Waals surface area (Å²) in [5.41, 5.74) is -1.39. The van der Waals surface area contributed by atoms with Gasteiger partial charge < -0.3 is 25.3 Å². The topological polar surface area (TPSA) is 112 Å². The molecule has 1 aromatic rings. The molecule has 0 fully saturated rings. The van der Waals surface area contributed by atoms with Crippen LogP contribution in [0.25, 0.3) is 0 Å². The minimum atomic E-state index is -1.39. The largest absolute Gasteiger partial charge is 0.459 e. The van der Waals surface area contributed by atoms with Crippen molar-refractivity contribution in [3.8, 4) is 0 Å². The van der Waals surface area contributed by atoms with E-state index < -0.39 is 30.1 Å². The van der Waals surface area contributed by atoms with Crippen LogP contribution in [0.1, 0.15) is 24.4 Å². The van der Waals surface area contributed by atoms with Gasteiger partial charge in [-0.3, -0.25) is 9.59 Å². The van der Waals surface area contributed by atoms with Gasteiger partial charge in [0.1, 0.15) is 11.6 Å². The molecular weight excluding hydrogens is 252 g/mol. The first-order chi connectivity index (χ1) is 8.85. The SMILES string of the molecule is CC(NC(=O)c1ccco1)C(=O)NCC(C)(O)CO. The minimum absolute atomic E-state index is 0.108. The Bertz CT molecular complexity index is 427. The minimum Gasteiger partial charge on any atom is -0.459 e. The normalized spacial score (nSPS) is 15.4. The number of hydrogen-bond acceptors (Lipinski definition) is 5. The summed E-state index contributed by atoms with van der Waals surface area (Å²) in [6, 6.07) is 2.27. The van der Waals surface area contributed by atoms with Gasteiger partial charge in [0, 0.05) is 6.54 Å². The highest BCUT2D eigenvalue weighted by Gasteiger charge is 2.23. The van der Waals surface area contributed by atoms with Gasteiger partial charge in [-0.15, -0.1) is 0 Å². The van der Waals surface area contributed by atoms with Gasteiger partial charge in [0.15, 0.2) is 5.76 Å². The van der Waals surface area contributed by atoms with Crippen molar-refractivity contribution in [2.45, 2.75) is 25.5 Å². The molecule has 0 aromatic carbocycles. The van der Waals surface area contributed by atoms with Crippen molar-refractivity contribution in [3.05, 3.63) is 24.2 Å². The van der Waals surface area contributed by atoms with E-state index >= 15 is 0 Å². The van der Waals surface area contributed by atoms with Crippen molar-refractivity contribution >= 4 is 11.8 Å². The van der Waals surface area contributed by atoms with E-state index in [0.717, 1.165) is 0 Å². The highest BCUT2D eigenvalue weighted by molar-refractivity contribution is 5.95. The molecule has 0 aliphatic heterocycles. The van der Waals surface area contributed by atoms with Crippen LogP contribution in [-0.4, -0.2) is 46.8 Å². The quantitative estimate of drug-likeness (QED) is 0.544. The standard InChI is InChI=1S/C12H18N2O5/c1-8(10(16)13-6-12(2,18)7-15)14-11(17)9-4-3-5-19-9/h3-5,8,15,18H,6-7H2,1-2H3,(H,13,16)(H,14,17). The Morgan fingerprint density at radius 2 is 2.21 bits per heavy atom. The van der Waals surface area contributed by atoms with Crippen LogP contribution in [0.3, 0.4) is 0 Å². The predicted molar refractivity (Wildman–Crippen MR) is 66.4 cm³/mol. The fraction of sp³-hybridized carbons (Fsp3) is 0.500. The van der Waals surface area contributed by atoms with Crippen molar-refractivity contribution in [2.24, 2.45) is 0 Å². The molecule has 4 N–H and O–H groups in total. The van der Waals surface area contributed by atoms with E-state index in [1.54, 1.807) is 6.07 Å². The van der Waals surface area contributed by atoms with Crippen LogP contribution >= 0.6 is 0 Å². The van der Waals surface area contributed by atoms with E-state index in [9.17, 15) is 14.7 Å². The Labute approximate surface area is 110 Å². The Morgan fingerprint density at radius 1 is 1.53 bits per heavy atom. The van der Waals surface area contributed by atoms with Crippen LogP contribution < -0.4 is 10.6 Å². The van der Waals surface area contributed by atoms with E-state index in [-0.39, 0.29) is 12.3 Å². The molecule has 1 heterocycles. The summed E-state index contributed by atoms with van der Waals surface area (Å²) in [7, 11) is 0. The molecule has 1 aromatic heterocycles. The Kier molecular flexibility index (Phi) is 5.08. The summed E-state index contributed by atoms with van der Waals surface area (Å²) >= 11 is 0. The monoisotopic (exact) mass is 270 g/mol. The molecule has 0 saturated heterocycles. The first-order valence-electron chi connectivity index (χ1n) is 5.81. The molecule has 1 rings (SSSR count). The summed E-state index contributed by atoms with van der Waals surface area (Å²) in [6.45, 7) is 2.31. The molecule has 7 heteroatoms. The first-order valence-corrected chi connectivity index (χ1v) is 5.81. The Hall–Kier alpha value is -1.86. The third kappa shape index (κ3) is 4.72. The van der Waals surface area contributed by atoms with Crippen molar-refractivity contribution < 1.29 is 24.2 Å². The smallest absolute Gasteiger partial charge is 0.287 e. The zero-order chi connectivity index (χ0) is 14.5. The van der Waals surface area contributed by atoms with Crippen LogP contribution in [0.4, 0.5) is 0 Å².